The molecule has 2 aromatic carbocycles. The lowest BCUT2D eigenvalue weighted by Crippen LogP contribution is -2.34. The number of nitrogens with one attached hydrogen (secondary N) is 2. The monoisotopic (exact) mass is 451 g/mol. The van der Waals surface area contributed by atoms with Gasteiger partial charge < -0.3 is 0 Å². The predicted molar refractivity (Wildman–Crippen MR) is 108 cm³/mol. The maximum Gasteiger partial charge on any atom is 0.416 e. The number of benzene rings is 2. The minimum atomic E-state index is -4.42. The van der Waals surface area contributed by atoms with Crippen molar-refractivity contribution in [3.8, 4) is 0 Å². The first-order chi connectivity index (χ1) is 14.2. The quantitative estimate of drug-likeness (QED) is 0.520. The van der Waals surface area contributed by atoms with Crippen LogP contribution in [0.25, 0.3) is 0 Å². The third-order valence-electron chi connectivity index (χ3n) is 3.72. The minimum Gasteiger partial charge on any atom is -0.292 e. The summed E-state index contributed by atoms with van der Waals surface area (Å²) in [5.74, 6) is -0.511. The van der Waals surface area contributed by atoms with Gasteiger partial charge in [0.2, 0.25) is 0 Å². The summed E-state index contributed by atoms with van der Waals surface area (Å²) < 4.78 is 38.4. The van der Waals surface area contributed by atoms with Crippen LogP contribution in [0.3, 0.4) is 0 Å². The van der Waals surface area contributed by atoms with Crippen molar-refractivity contribution < 1.29 is 22.8 Å². The maximum absolute atomic E-state index is 12.8. The van der Waals surface area contributed by atoms with E-state index in [-0.39, 0.29) is 16.4 Å². The molecular weight excluding hydrogens is 439 g/mol. The molecule has 0 aliphatic carbocycles. The van der Waals surface area contributed by atoms with E-state index in [1.54, 1.807) is 24.3 Å². The van der Waals surface area contributed by atoms with Gasteiger partial charge in [0.15, 0.2) is 0 Å². The number of pyridine rings is 1. The summed E-state index contributed by atoms with van der Waals surface area (Å²) in [6.07, 6.45) is -3.02. The van der Waals surface area contributed by atoms with Crippen molar-refractivity contribution in [1.29, 1.82) is 0 Å². The van der Waals surface area contributed by atoms with Crippen LogP contribution < -0.4 is 10.6 Å². The lowest BCUT2D eigenvalue weighted by molar-refractivity contribution is -0.137. The van der Waals surface area contributed by atoms with Crippen LogP contribution >= 0.6 is 23.4 Å². The first-order valence-electron chi connectivity index (χ1n) is 8.40. The van der Waals surface area contributed by atoms with Crippen LogP contribution in [-0.4, -0.2) is 16.9 Å². The van der Waals surface area contributed by atoms with Gasteiger partial charge in [0.1, 0.15) is 5.82 Å². The molecule has 0 bridgehead atoms. The van der Waals surface area contributed by atoms with E-state index in [4.69, 9.17) is 11.6 Å². The van der Waals surface area contributed by atoms with Gasteiger partial charge in [0.05, 0.1) is 16.1 Å². The van der Waals surface area contributed by atoms with E-state index in [1.165, 1.54) is 30.5 Å². The molecule has 0 saturated heterocycles. The number of alkyl halides is 3. The highest BCUT2D eigenvalue weighted by molar-refractivity contribution is 7.99. The van der Waals surface area contributed by atoms with Gasteiger partial charge in [-0.15, -0.1) is 0 Å². The molecule has 0 unspecified atom stereocenters. The first-order valence-corrected chi connectivity index (χ1v) is 9.60. The molecule has 3 aromatic rings. The number of hydrogen-bond acceptors (Lipinski definition) is 4. The van der Waals surface area contributed by atoms with Crippen LogP contribution in [0.2, 0.25) is 5.02 Å². The van der Waals surface area contributed by atoms with Crippen LogP contribution in [0.1, 0.15) is 15.9 Å². The molecule has 0 aliphatic rings. The summed E-state index contributed by atoms with van der Waals surface area (Å²) in [6, 6.07) is 13.4. The number of rotatable bonds is 4. The van der Waals surface area contributed by atoms with Crippen molar-refractivity contribution in [2.45, 2.75) is 16.0 Å². The number of amides is 3. The highest BCUT2D eigenvalue weighted by Gasteiger charge is 2.30. The van der Waals surface area contributed by atoms with E-state index in [0.717, 1.165) is 23.9 Å². The van der Waals surface area contributed by atoms with Gasteiger partial charge in [0, 0.05) is 16.0 Å². The van der Waals surface area contributed by atoms with E-state index in [0.29, 0.717) is 9.79 Å². The Morgan fingerprint density at radius 2 is 1.73 bits per heavy atom. The molecule has 0 fully saturated rings. The second-order valence-electron chi connectivity index (χ2n) is 5.89. The van der Waals surface area contributed by atoms with Gasteiger partial charge in [-0.25, -0.2) is 9.78 Å². The lowest BCUT2D eigenvalue weighted by atomic mass is 10.2. The number of carbonyl (C=O) groups excluding carboxylic acids is 2. The Hall–Kier alpha value is -3.04. The third-order valence-corrected chi connectivity index (χ3v) is 5.02. The number of halogens is 4. The molecule has 10 heteroatoms. The molecule has 5 nitrogen and oxygen atoms in total. The first kappa shape index (κ1) is 21.7. The number of urea groups is 1. The van der Waals surface area contributed by atoms with Crippen LogP contribution in [0.15, 0.2) is 76.7 Å². The Labute approximate surface area is 178 Å². The van der Waals surface area contributed by atoms with Gasteiger partial charge in [-0.05, 0) is 42.5 Å². The molecule has 3 amide bonds. The van der Waals surface area contributed by atoms with Crippen molar-refractivity contribution in [1.82, 2.24) is 10.3 Å². The number of aromatic nitrogens is 1. The van der Waals surface area contributed by atoms with Gasteiger partial charge in [0.25, 0.3) is 5.91 Å². The summed E-state index contributed by atoms with van der Waals surface area (Å²) in [6.45, 7) is 0. The van der Waals surface area contributed by atoms with Crippen LogP contribution in [-0.2, 0) is 6.18 Å². The van der Waals surface area contributed by atoms with Gasteiger partial charge in [-0.2, -0.15) is 13.2 Å². The van der Waals surface area contributed by atoms with E-state index >= 15 is 0 Å². The second-order valence-corrected chi connectivity index (χ2v) is 7.45. The Morgan fingerprint density at radius 1 is 0.967 bits per heavy atom. The second kappa shape index (κ2) is 9.19. The zero-order valence-corrected chi connectivity index (χ0v) is 16.6. The fraction of sp³-hybridized carbons (Fsp3) is 0.0500. The molecule has 1 aromatic heterocycles. The molecule has 0 radical (unpaired) electrons. The molecule has 30 heavy (non-hydrogen) atoms. The Morgan fingerprint density at radius 3 is 2.40 bits per heavy atom. The number of anilines is 1. The van der Waals surface area contributed by atoms with Gasteiger partial charge in [-0.1, -0.05) is 41.6 Å². The molecule has 0 spiro atoms. The molecule has 1 heterocycles. The van der Waals surface area contributed by atoms with Crippen LogP contribution in [0.5, 0.6) is 0 Å². The Kier molecular flexibility index (Phi) is 6.63. The standard InChI is InChI=1S/C20H13ClF3N3O2S/c21-16-7-2-1-6-15(16)18(28)27-19(29)26-17-9-8-14(11-25-17)30-13-5-3-4-12(10-13)20(22,23)24/h1-11H,(H2,25,26,27,28,29). The van der Waals surface area contributed by atoms with Crippen LogP contribution in [0.4, 0.5) is 23.8 Å². The zero-order chi connectivity index (χ0) is 21.7. The molecule has 3 rings (SSSR count). The van der Waals surface area contributed by atoms with Crippen LogP contribution in [0, 0.1) is 0 Å². The molecule has 0 aliphatic heterocycles. The fourth-order valence-electron chi connectivity index (χ4n) is 2.35. The minimum absolute atomic E-state index is 0.148. The summed E-state index contributed by atoms with van der Waals surface area (Å²) >= 11 is 7.01. The van der Waals surface area contributed by atoms with Gasteiger partial charge >= 0.3 is 12.2 Å². The highest BCUT2D eigenvalue weighted by Crippen LogP contribution is 2.34. The van der Waals surface area contributed by atoms with E-state index in [9.17, 15) is 22.8 Å². The van der Waals surface area contributed by atoms with Crippen molar-refractivity contribution in [2.75, 3.05) is 5.32 Å². The molecule has 154 valence electrons. The van der Waals surface area contributed by atoms with Crippen molar-refractivity contribution in [3.63, 3.8) is 0 Å². The highest BCUT2D eigenvalue weighted by atomic mass is 35.5. The SMILES string of the molecule is O=C(NC(=O)c1ccccc1Cl)Nc1ccc(Sc2cccc(C(F)(F)F)c2)cn1. The average Bonchev–Trinajstić information content (AvgIpc) is 2.69. The molecule has 2 N–H and O–H groups in total. The molecule has 0 atom stereocenters. The number of imide groups is 1. The number of hydrogen-bond donors (Lipinski definition) is 2. The Bertz CT molecular complexity index is 1080. The smallest absolute Gasteiger partial charge is 0.292 e. The molecular formula is C20H13ClF3N3O2S. The van der Waals surface area contributed by atoms with Gasteiger partial charge in [-0.3, -0.25) is 15.4 Å². The summed E-state index contributed by atoms with van der Waals surface area (Å²) in [5.41, 5.74) is -0.589. The normalized spacial score (nSPS) is 11.1. The number of nitrogens with zero attached hydrogens (tertiary/aromatic N) is 1. The number of carbonyl (C=O) groups is 2. The van der Waals surface area contributed by atoms with E-state index in [1.807, 2.05) is 0 Å². The lowest BCUT2D eigenvalue weighted by Gasteiger charge is -2.09. The van der Waals surface area contributed by atoms with Crippen molar-refractivity contribution in [3.05, 3.63) is 83.0 Å². The van der Waals surface area contributed by atoms with E-state index in [2.05, 4.69) is 15.6 Å². The zero-order valence-electron chi connectivity index (χ0n) is 15.0. The molecule has 0 saturated carbocycles. The maximum atomic E-state index is 12.8. The Balaban J connectivity index is 1.60. The summed E-state index contributed by atoms with van der Waals surface area (Å²) in [5, 5.41) is 4.74. The largest absolute Gasteiger partial charge is 0.416 e. The predicted octanol–water partition coefficient (Wildman–Crippen LogP) is 5.87. The third kappa shape index (κ3) is 5.74. The topological polar surface area (TPSA) is 71.1 Å². The summed E-state index contributed by atoms with van der Waals surface area (Å²) in [7, 11) is 0. The van der Waals surface area contributed by atoms with E-state index < -0.39 is 23.7 Å². The summed E-state index contributed by atoms with van der Waals surface area (Å²) in [4.78, 5) is 29.0. The van der Waals surface area contributed by atoms with Crippen molar-refractivity contribution >= 4 is 41.1 Å². The van der Waals surface area contributed by atoms with Crippen molar-refractivity contribution in [2.24, 2.45) is 0 Å². The average molecular weight is 452 g/mol. The fourth-order valence-corrected chi connectivity index (χ4v) is 3.42.